The third-order valence-electron chi connectivity index (χ3n) is 2.14. The smallest absolute Gasteiger partial charge is 0.0103 e. The molecular formula is C11H16. The Morgan fingerprint density at radius 2 is 2.36 bits per heavy atom. The quantitative estimate of drug-likeness (QED) is 0.536. The van der Waals surface area contributed by atoms with Crippen LogP contribution >= 0.6 is 0 Å². The molecule has 0 heteroatoms. The molecule has 0 saturated heterocycles. The predicted octanol–water partition coefficient (Wildman–Crippen LogP) is 3.62. The fraction of sp³-hybridized carbons (Fsp3) is 0.455. The highest BCUT2D eigenvalue weighted by atomic mass is 14.1. The molecule has 0 bridgehead atoms. The molecule has 0 amide bonds. The van der Waals surface area contributed by atoms with E-state index in [1.165, 1.54) is 36.8 Å². The van der Waals surface area contributed by atoms with E-state index in [1.54, 1.807) is 0 Å². The molecular weight excluding hydrogens is 132 g/mol. The third-order valence-corrected chi connectivity index (χ3v) is 2.14. The van der Waals surface area contributed by atoms with Crippen LogP contribution in [0.2, 0.25) is 0 Å². The highest BCUT2D eigenvalue weighted by Gasteiger charge is 2.04. The minimum Gasteiger partial charge on any atom is -0.103 e. The lowest BCUT2D eigenvalue weighted by Gasteiger charge is -2.13. The molecule has 1 aliphatic carbocycles. The van der Waals surface area contributed by atoms with Gasteiger partial charge in [0.1, 0.15) is 0 Å². The van der Waals surface area contributed by atoms with Crippen molar-refractivity contribution in [1.29, 1.82) is 0 Å². The number of hydrogen-bond acceptors (Lipinski definition) is 0. The summed E-state index contributed by atoms with van der Waals surface area (Å²) in [4.78, 5) is 0. The van der Waals surface area contributed by atoms with Crippen LogP contribution in [0.4, 0.5) is 0 Å². The zero-order valence-corrected chi connectivity index (χ0v) is 7.10. The summed E-state index contributed by atoms with van der Waals surface area (Å²) in [7, 11) is 0. The average Bonchev–Trinajstić information content (AvgIpc) is 2.07. The standard InChI is InChI=1S/C11H16/c1-3-7-10(2)11-8-5-4-6-9-11/h3,8H,1-2,4-7,9H2. The summed E-state index contributed by atoms with van der Waals surface area (Å²) in [5.74, 6) is 0. The molecule has 0 fully saturated rings. The topological polar surface area (TPSA) is 0 Å². The molecule has 0 aromatic heterocycles. The van der Waals surface area contributed by atoms with Gasteiger partial charge in [-0.05, 0) is 43.3 Å². The summed E-state index contributed by atoms with van der Waals surface area (Å²) in [6.07, 6.45) is 10.4. The largest absolute Gasteiger partial charge is 0.103 e. The van der Waals surface area contributed by atoms with E-state index in [0.717, 1.165) is 6.42 Å². The van der Waals surface area contributed by atoms with Crippen molar-refractivity contribution in [1.82, 2.24) is 0 Å². The van der Waals surface area contributed by atoms with Crippen LogP contribution < -0.4 is 0 Å². The Balaban J connectivity index is 2.50. The number of allylic oxidation sites excluding steroid dienone is 4. The molecule has 0 nitrogen and oxygen atoms in total. The van der Waals surface area contributed by atoms with E-state index in [-0.39, 0.29) is 0 Å². The van der Waals surface area contributed by atoms with Crippen molar-refractivity contribution in [3.8, 4) is 0 Å². The van der Waals surface area contributed by atoms with E-state index in [9.17, 15) is 0 Å². The Hall–Kier alpha value is -0.780. The van der Waals surface area contributed by atoms with Gasteiger partial charge in [-0.15, -0.1) is 6.58 Å². The lowest BCUT2D eigenvalue weighted by Crippen LogP contribution is -1.93. The molecule has 60 valence electrons. The van der Waals surface area contributed by atoms with Gasteiger partial charge in [0.05, 0.1) is 0 Å². The second-order valence-corrected chi connectivity index (χ2v) is 3.07. The first-order chi connectivity index (χ1) is 5.34. The molecule has 1 aliphatic rings. The first-order valence-corrected chi connectivity index (χ1v) is 4.32. The van der Waals surface area contributed by atoms with Crippen molar-refractivity contribution in [2.75, 3.05) is 0 Å². The van der Waals surface area contributed by atoms with E-state index in [2.05, 4.69) is 19.2 Å². The highest BCUT2D eigenvalue weighted by Crippen LogP contribution is 2.24. The number of hydrogen-bond donors (Lipinski definition) is 0. The van der Waals surface area contributed by atoms with Crippen molar-refractivity contribution >= 4 is 0 Å². The molecule has 0 unspecified atom stereocenters. The maximum atomic E-state index is 4.03. The second kappa shape index (κ2) is 4.17. The van der Waals surface area contributed by atoms with Crippen molar-refractivity contribution in [2.24, 2.45) is 0 Å². The lowest BCUT2D eigenvalue weighted by molar-refractivity contribution is 0.704. The van der Waals surface area contributed by atoms with Crippen LogP contribution in [-0.2, 0) is 0 Å². The van der Waals surface area contributed by atoms with Gasteiger partial charge < -0.3 is 0 Å². The van der Waals surface area contributed by atoms with Crippen LogP contribution in [0.25, 0.3) is 0 Å². The molecule has 11 heavy (non-hydrogen) atoms. The van der Waals surface area contributed by atoms with Crippen molar-refractivity contribution in [3.63, 3.8) is 0 Å². The Bertz CT molecular complexity index is 184. The number of rotatable bonds is 3. The van der Waals surface area contributed by atoms with E-state index < -0.39 is 0 Å². The molecule has 0 N–H and O–H groups in total. The molecule has 1 rings (SSSR count). The predicted molar refractivity (Wildman–Crippen MR) is 50.5 cm³/mol. The van der Waals surface area contributed by atoms with Gasteiger partial charge in [-0.25, -0.2) is 0 Å². The van der Waals surface area contributed by atoms with Gasteiger partial charge in [0, 0.05) is 0 Å². The molecule has 0 saturated carbocycles. The van der Waals surface area contributed by atoms with Crippen LogP contribution in [-0.4, -0.2) is 0 Å². The first kappa shape index (κ1) is 8.32. The van der Waals surface area contributed by atoms with Gasteiger partial charge in [0.2, 0.25) is 0 Å². The fourth-order valence-corrected chi connectivity index (χ4v) is 1.46. The summed E-state index contributed by atoms with van der Waals surface area (Å²) < 4.78 is 0. The normalized spacial score (nSPS) is 17.3. The van der Waals surface area contributed by atoms with Crippen LogP contribution in [0, 0.1) is 0 Å². The summed E-state index contributed by atoms with van der Waals surface area (Å²) >= 11 is 0. The first-order valence-electron chi connectivity index (χ1n) is 4.32. The van der Waals surface area contributed by atoms with Crippen molar-refractivity contribution in [2.45, 2.75) is 32.1 Å². The summed E-state index contributed by atoms with van der Waals surface area (Å²) in [6, 6.07) is 0. The summed E-state index contributed by atoms with van der Waals surface area (Å²) in [5, 5.41) is 0. The van der Waals surface area contributed by atoms with Crippen molar-refractivity contribution in [3.05, 3.63) is 36.5 Å². The Kier molecular flexibility index (Phi) is 3.15. The fourth-order valence-electron chi connectivity index (χ4n) is 1.46. The minimum absolute atomic E-state index is 0.950. The second-order valence-electron chi connectivity index (χ2n) is 3.07. The van der Waals surface area contributed by atoms with E-state index >= 15 is 0 Å². The van der Waals surface area contributed by atoms with Gasteiger partial charge >= 0.3 is 0 Å². The molecule has 0 atom stereocenters. The Morgan fingerprint density at radius 3 is 2.91 bits per heavy atom. The molecule has 0 aromatic carbocycles. The molecule has 0 heterocycles. The van der Waals surface area contributed by atoms with E-state index in [4.69, 9.17) is 0 Å². The van der Waals surface area contributed by atoms with Gasteiger partial charge in [0.25, 0.3) is 0 Å². The van der Waals surface area contributed by atoms with Gasteiger partial charge in [-0.2, -0.15) is 0 Å². The maximum absolute atomic E-state index is 4.03. The third kappa shape index (κ3) is 2.38. The minimum atomic E-state index is 0.950. The summed E-state index contributed by atoms with van der Waals surface area (Å²) in [6.45, 7) is 7.74. The van der Waals surface area contributed by atoms with Crippen LogP contribution in [0.5, 0.6) is 0 Å². The lowest BCUT2D eigenvalue weighted by atomic mass is 9.93. The average molecular weight is 148 g/mol. The molecule has 0 spiro atoms. The van der Waals surface area contributed by atoms with Crippen LogP contribution in [0.3, 0.4) is 0 Å². The summed E-state index contributed by atoms with van der Waals surface area (Å²) in [5.41, 5.74) is 2.73. The van der Waals surface area contributed by atoms with E-state index in [1.807, 2.05) is 6.08 Å². The van der Waals surface area contributed by atoms with Gasteiger partial charge in [-0.3, -0.25) is 0 Å². The SMILES string of the molecule is C=CCC(=C)C1=CCCCC1. The molecule has 0 radical (unpaired) electrons. The van der Waals surface area contributed by atoms with E-state index in [0.29, 0.717) is 0 Å². The van der Waals surface area contributed by atoms with Crippen LogP contribution in [0.1, 0.15) is 32.1 Å². The molecule has 0 aliphatic heterocycles. The molecule has 0 aromatic rings. The Morgan fingerprint density at radius 1 is 1.55 bits per heavy atom. The van der Waals surface area contributed by atoms with Gasteiger partial charge in [0.15, 0.2) is 0 Å². The zero-order valence-electron chi connectivity index (χ0n) is 7.10. The Labute approximate surface area is 69.3 Å². The van der Waals surface area contributed by atoms with Crippen molar-refractivity contribution < 1.29 is 0 Å². The maximum Gasteiger partial charge on any atom is -0.0103 e. The van der Waals surface area contributed by atoms with Crippen LogP contribution in [0.15, 0.2) is 36.5 Å². The van der Waals surface area contributed by atoms with Gasteiger partial charge in [-0.1, -0.05) is 18.7 Å². The monoisotopic (exact) mass is 148 g/mol. The zero-order chi connectivity index (χ0) is 8.10. The highest BCUT2D eigenvalue weighted by molar-refractivity contribution is 5.30.